The van der Waals surface area contributed by atoms with Crippen molar-refractivity contribution in [3.63, 3.8) is 0 Å². The summed E-state index contributed by atoms with van der Waals surface area (Å²) in [5, 5.41) is 0. The van der Waals surface area contributed by atoms with Crippen LogP contribution in [0.3, 0.4) is 0 Å². The van der Waals surface area contributed by atoms with Crippen LogP contribution in [0.2, 0.25) is 0 Å². The first-order chi connectivity index (χ1) is 9.16. The van der Waals surface area contributed by atoms with E-state index in [-0.39, 0.29) is 18.0 Å². The molecule has 19 heavy (non-hydrogen) atoms. The van der Waals surface area contributed by atoms with Gasteiger partial charge < -0.3 is 10.6 Å². The van der Waals surface area contributed by atoms with Crippen molar-refractivity contribution in [1.82, 2.24) is 9.88 Å². The number of hydrogen-bond acceptors (Lipinski definition) is 3. The smallest absolute Gasteiger partial charge is 0.223 e. The summed E-state index contributed by atoms with van der Waals surface area (Å²) in [5.74, 6) is 0.265. The van der Waals surface area contributed by atoms with Crippen LogP contribution in [0.25, 0.3) is 0 Å². The van der Waals surface area contributed by atoms with E-state index in [4.69, 9.17) is 5.73 Å². The van der Waals surface area contributed by atoms with Gasteiger partial charge in [-0.05, 0) is 44.2 Å². The van der Waals surface area contributed by atoms with Gasteiger partial charge in [0, 0.05) is 30.4 Å². The lowest BCUT2D eigenvalue weighted by atomic mass is 9.97. The number of aromatic nitrogens is 1. The van der Waals surface area contributed by atoms with Gasteiger partial charge in [-0.1, -0.05) is 6.07 Å². The van der Waals surface area contributed by atoms with Crippen LogP contribution in [0.15, 0.2) is 18.3 Å². The zero-order valence-corrected chi connectivity index (χ0v) is 11.4. The second-order valence-corrected chi connectivity index (χ2v) is 5.77. The van der Waals surface area contributed by atoms with Crippen LogP contribution in [0.5, 0.6) is 0 Å². The highest BCUT2D eigenvalue weighted by Crippen LogP contribution is 2.39. The van der Waals surface area contributed by atoms with E-state index in [9.17, 15) is 4.79 Å². The van der Waals surface area contributed by atoms with E-state index in [1.165, 1.54) is 0 Å². The molecule has 1 saturated heterocycles. The fourth-order valence-electron chi connectivity index (χ4n) is 2.98. The number of amides is 1. The maximum atomic E-state index is 12.3. The molecule has 2 aliphatic rings. The Morgan fingerprint density at radius 3 is 2.74 bits per heavy atom. The number of pyridine rings is 1. The average molecular weight is 259 g/mol. The number of hydrogen-bond donors (Lipinski definition) is 1. The summed E-state index contributed by atoms with van der Waals surface area (Å²) in [6, 6.07) is 4.51. The lowest BCUT2D eigenvalue weighted by Crippen LogP contribution is -2.43. The summed E-state index contributed by atoms with van der Waals surface area (Å²) in [4.78, 5) is 18.8. The van der Waals surface area contributed by atoms with Crippen molar-refractivity contribution in [2.45, 2.75) is 57.2 Å². The standard InChI is InChI=1S/C15H21N3O/c1-10-5-6-11(9-17-10)15-13(16)3-2-4-14(19)18(15)12-7-8-12/h5-6,9,12-13,15H,2-4,7-8,16H2,1H3. The normalized spacial score (nSPS) is 28.3. The van der Waals surface area contributed by atoms with Crippen LogP contribution < -0.4 is 5.73 Å². The van der Waals surface area contributed by atoms with Crippen LogP contribution in [0.1, 0.15) is 49.4 Å². The number of likely N-dealkylation sites (tertiary alicyclic amines) is 1. The number of aryl methyl sites for hydroxylation is 1. The maximum absolute atomic E-state index is 12.3. The molecule has 1 aromatic heterocycles. The first kappa shape index (κ1) is 12.6. The molecular weight excluding hydrogens is 238 g/mol. The van der Waals surface area contributed by atoms with Gasteiger partial charge in [-0.3, -0.25) is 9.78 Å². The number of rotatable bonds is 2. The summed E-state index contributed by atoms with van der Waals surface area (Å²) >= 11 is 0. The van der Waals surface area contributed by atoms with E-state index in [1.807, 2.05) is 24.1 Å². The topological polar surface area (TPSA) is 59.2 Å². The third-order valence-corrected chi connectivity index (χ3v) is 4.14. The van der Waals surface area contributed by atoms with E-state index in [1.54, 1.807) is 0 Å². The highest BCUT2D eigenvalue weighted by Gasteiger charge is 2.41. The van der Waals surface area contributed by atoms with Crippen molar-refractivity contribution < 1.29 is 4.79 Å². The van der Waals surface area contributed by atoms with Gasteiger partial charge in [0.15, 0.2) is 0 Å². The number of carbonyl (C=O) groups excluding carboxylic acids is 1. The van der Waals surface area contributed by atoms with Gasteiger partial charge in [0.1, 0.15) is 0 Å². The molecule has 0 bridgehead atoms. The lowest BCUT2D eigenvalue weighted by molar-refractivity contribution is -0.133. The molecule has 2 unspecified atom stereocenters. The van der Waals surface area contributed by atoms with Gasteiger partial charge in [-0.15, -0.1) is 0 Å². The van der Waals surface area contributed by atoms with E-state index < -0.39 is 0 Å². The summed E-state index contributed by atoms with van der Waals surface area (Å²) in [6.45, 7) is 1.97. The monoisotopic (exact) mass is 259 g/mol. The fourth-order valence-corrected chi connectivity index (χ4v) is 2.98. The Bertz CT molecular complexity index is 467. The molecule has 2 atom stereocenters. The Hall–Kier alpha value is -1.42. The maximum Gasteiger partial charge on any atom is 0.223 e. The Morgan fingerprint density at radius 1 is 1.32 bits per heavy atom. The van der Waals surface area contributed by atoms with Crippen molar-refractivity contribution in [2.75, 3.05) is 0 Å². The number of carbonyl (C=O) groups is 1. The predicted molar refractivity (Wildman–Crippen MR) is 73.4 cm³/mol. The fraction of sp³-hybridized carbons (Fsp3) is 0.600. The molecule has 1 amide bonds. The van der Waals surface area contributed by atoms with Crippen molar-refractivity contribution >= 4 is 5.91 Å². The van der Waals surface area contributed by atoms with E-state index in [0.29, 0.717) is 12.5 Å². The van der Waals surface area contributed by atoms with Crippen LogP contribution in [0.4, 0.5) is 0 Å². The van der Waals surface area contributed by atoms with Gasteiger partial charge in [0.2, 0.25) is 5.91 Å². The van der Waals surface area contributed by atoms with E-state index in [2.05, 4.69) is 11.1 Å². The molecule has 1 aromatic rings. The minimum atomic E-state index is 0.00981. The van der Waals surface area contributed by atoms with Gasteiger partial charge in [0.25, 0.3) is 0 Å². The Balaban J connectivity index is 1.96. The second-order valence-electron chi connectivity index (χ2n) is 5.77. The summed E-state index contributed by atoms with van der Waals surface area (Å²) in [5.41, 5.74) is 8.42. The molecule has 0 spiro atoms. The summed E-state index contributed by atoms with van der Waals surface area (Å²) < 4.78 is 0. The summed E-state index contributed by atoms with van der Waals surface area (Å²) in [7, 11) is 0. The average Bonchev–Trinajstić information content (AvgIpc) is 3.20. The zero-order chi connectivity index (χ0) is 13.4. The molecule has 1 aliphatic carbocycles. The minimum absolute atomic E-state index is 0.00981. The SMILES string of the molecule is Cc1ccc(C2C(N)CCCC(=O)N2C2CC2)cn1. The highest BCUT2D eigenvalue weighted by atomic mass is 16.2. The van der Waals surface area contributed by atoms with E-state index >= 15 is 0 Å². The van der Waals surface area contributed by atoms with Crippen molar-refractivity contribution in [3.8, 4) is 0 Å². The Kier molecular flexibility index (Phi) is 3.27. The lowest BCUT2D eigenvalue weighted by Gasteiger charge is -2.34. The first-order valence-electron chi connectivity index (χ1n) is 7.16. The zero-order valence-electron chi connectivity index (χ0n) is 11.4. The highest BCUT2D eigenvalue weighted by molar-refractivity contribution is 5.78. The molecule has 0 aromatic carbocycles. The number of nitrogens with zero attached hydrogens (tertiary/aromatic N) is 2. The molecular formula is C15H21N3O. The molecule has 2 heterocycles. The third-order valence-electron chi connectivity index (χ3n) is 4.14. The van der Waals surface area contributed by atoms with E-state index in [0.717, 1.165) is 36.9 Å². The summed E-state index contributed by atoms with van der Waals surface area (Å²) in [6.07, 6.45) is 6.57. The minimum Gasteiger partial charge on any atom is -0.331 e. The molecule has 2 N–H and O–H groups in total. The van der Waals surface area contributed by atoms with Crippen molar-refractivity contribution in [1.29, 1.82) is 0 Å². The van der Waals surface area contributed by atoms with Crippen molar-refractivity contribution in [2.24, 2.45) is 5.73 Å². The predicted octanol–water partition coefficient (Wildman–Crippen LogP) is 1.93. The quantitative estimate of drug-likeness (QED) is 0.883. The van der Waals surface area contributed by atoms with Gasteiger partial charge in [0.05, 0.1) is 6.04 Å². The third kappa shape index (κ3) is 2.50. The molecule has 1 saturated carbocycles. The van der Waals surface area contributed by atoms with Crippen LogP contribution in [-0.4, -0.2) is 27.9 Å². The largest absolute Gasteiger partial charge is 0.331 e. The van der Waals surface area contributed by atoms with Gasteiger partial charge >= 0.3 is 0 Å². The van der Waals surface area contributed by atoms with Crippen LogP contribution in [-0.2, 0) is 4.79 Å². The molecule has 2 fully saturated rings. The van der Waals surface area contributed by atoms with Gasteiger partial charge in [-0.25, -0.2) is 0 Å². The Morgan fingerprint density at radius 2 is 2.11 bits per heavy atom. The number of nitrogens with two attached hydrogens (primary N) is 1. The molecule has 0 radical (unpaired) electrons. The molecule has 1 aliphatic heterocycles. The van der Waals surface area contributed by atoms with Crippen LogP contribution >= 0.6 is 0 Å². The Labute approximate surface area is 114 Å². The first-order valence-corrected chi connectivity index (χ1v) is 7.16. The molecule has 4 heteroatoms. The molecule has 3 rings (SSSR count). The second kappa shape index (κ2) is 4.93. The molecule has 102 valence electrons. The van der Waals surface area contributed by atoms with Crippen molar-refractivity contribution in [3.05, 3.63) is 29.6 Å². The van der Waals surface area contributed by atoms with Gasteiger partial charge in [-0.2, -0.15) is 0 Å². The van der Waals surface area contributed by atoms with Crippen LogP contribution in [0, 0.1) is 6.92 Å². The molecule has 4 nitrogen and oxygen atoms in total.